The number of nitrogens with zero attached hydrogens (tertiary/aromatic N) is 3. The van der Waals surface area contributed by atoms with Crippen LogP contribution in [0.1, 0.15) is 23.9 Å². The number of rotatable bonds is 10. The van der Waals surface area contributed by atoms with Gasteiger partial charge in [-0.2, -0.15) is 5.10 Å². The van der Waals surface area contributed by atoms with E-state index in [9.17, 15) is 18.0 Å². The first-order chi connectivity index (χ1) is 20.4. The molecular formula is C30H29Cl2N5O5S. The predicted octanol–water partition coefficient (Wildman–Crippen LogP) is 5.71. The fraction of sp³-hybridized carbons (Fsp3) is 0.167. The van der Waals surface area contributed by atoms with Crippen molar-refractivity contribution in [3.63, 3.8) is 0 Å². The van der Waals surface area contributed by atoms with E-state index >= 15 is 0 Å². The minimum atomic E-state index is -4.20. The van der Waals surface area contributed by atoms with Crippen LogP contribution in [0.15, 0.2) is 82.8 Å². The highest BCUT2D eigenvalue weighted by Gasteiger charge is 2.27. The number of ether oxygens (including phenoxy) is 1. The fourth-order valence-corrected chi connectivity index (χ4v) is 6.18. The highest BCUT2D eigenvalue weighted by atomic mass is 35.5. The molecule has 3 aromatic carbocycles. The maximum absolute atomic E-state index is 13.7. The van der Waals surface area contributed by atoms with Gasteiger partial charge in [-0.05, 0) is 86.6 Å². The summed E-state index contributed by atoms with van der Waals surface area (Å²) in [6.07, 6.45) is 1.47. The topological polar surface area (TPSA) is 122 Å². The number of hydrogen-bond donors (Lipinski definition) is 2. The van der Waals surface area contributed by atoms with Crippen LogP contribution in [0.25, 0.3) is 5.69 Å². The second-order valence-corrected chi connectivity index (χ2v) is 12.2. The molecule has 10 nitrogen and oxygen atoms in total. The molecular weight excluding hydrogens is 613 g/mol. The van der Waals surface area contributed by atoms with Gasteiger partial charge in [-0.1, -0.05) is 23.2 Å². The monoisotopic (exact) mass is 641 g/mol. The predicted molar refractivity (Wildman–Crippen MR) is 169 cm³/mol. The summed E-state index contributed by atoms with van der Waals surface area (Å²) in [5.74, 6) is -0.438. The lowest BCUT2D eigenvalue weighted by molar-refractivity contribution is -0.119. The number of anilines is 2. The van der Waals surface area contributed by atoms with Gasteiger partial charge in [0, 0.05) is 34.6 Å². The molecule has 0 saturated heterocycles. The Labute approximate surface area is 259 Å². The number of halogens is 2. The second kappa shape index (κ2) is 13.3. The van der Waals surface area contributed by atoms with Crippen molar-refractivity contribution in [1.29, 1.82) is 0 Å². The van der Waals surface area contributed by atoms with E-state index in [1.807, 2.05) is 24.5 Å². The Kier molecular flexibility index (Phi) is 9.80. The van der Waals surface area contributed by atoms with E-state index in [1.54, 1.807) is 30.3 Å². The highest BCUT2D eigenvalue weighted by Crippen LogP contribution is 2.29. The number of aryl methyl sites for hydroxylation is 1. The molecule has 0 fully saturated rings. The summed E-state index contributed by atoms with van der Waals surface area (Å²) >= 11 is 12.6. The second-order valence-electron chi connectivity index (χ2n) is 9.47. The van der Waals surface area contributed by atoms with Gasteiger partial charge in [0.1, 0.15) is 12.3 Å². The quantitative estimate of drug-likeness (QED) is 0.170. The number of carbonyl (C=O) groups is 2. The maximum atomic E-state index is 13.7. The van der Waals surface area contributed by atoms with Gasteiger partial charge in [0.2, 0.25) is 5.91 Å². The Morgan fingerprint density at radius 3 is 2.30 bits per heavy atom. The normalized spacial score (nSPS) is 11.4. The zero-order chi connectivity index (χ0) is 31.3. The number of hydrogen-bond acceptors (Lipinski definition) is 6. The van der Waals surface area contributed by atoms with Gasteiger partial charge in [0.15, 0.2) is 0 Å². The number of nitrogens with one attached hydrogen (secondary N) is 2. The number of benzene rings is 3. The molecule has 1 heterocycles. The first-order valence-corrected chi connectivity index (χ1v) is 15.1. The van der Waals surface area contributed by atoms with Gasteiger partial charge in [-0.3, -0.25) is 13.9 Å². The lowest BCUT2D eigenvalue weighted by Gasteiger charge is -2.24. The van der Waals surface area contributed by atoms with Gasteiger partial charge in [0.25, 0.3) is 15.9 Å². The average Bonchev–Trinajstić information content (AvgIpc) is 3.25. The van der Waals surface area contributed by atoms with Crippen molar-refractivity contribution in [1.82, 2.24) is 9.99 Å². The first-order valence-electron chi connectivity index (χ1n) is 12.9. The minimum absolute atomic E-state index is 0.0687. The third-order valence-electron chi connectivity index (χ3n) is 6.42. The van der Waals surface area contributed by atoms with Crippen LogP contribution in [0.5, 0.6) is 5.75 Å². The van der Waals surface area contributed by atoms with Crippen LogP contribution >= 0.6 is 23.2 Å². The SMILES string of the molecule is COc1ccc(N(CC(=O)N/N=C\c2cc(C)n(-c3cc(Cl)ccc3Cl)c2C)S(=O)(=O)c2ccc(NC(C)=O)cc2)cc1. The van der Waals surface area contributed by atoms with Gasteiger partial charge < -0.3 is 14.6 Å². The maximum Gasteiger partial charge on any atom is 0.264 e. The average molecular weight is 643 g/mol. The summed E-state index contributed by atoms with van der Waals surface area (Å²) in [6.45, 7) is 4.57. The minimum Gasteiger partial charge on any atom is -0.497 e. The van der Waals surface area contributed by atoms with Crippen molar-refractivity contribution < 1.29 is 22.7 Å². The molecule has 0 aliphatic carbocycles. The number of carbonyl (C=O) groups excluding carboxylic acids is 2. The lowest BCUT2D eigenvalue weighted by Crippen LogP contribution is -2.39. The van der Waals surface area contributed by atoms with E-state index in [4.69, 9.17) is 27.9 Å². The molecule has 0 radical (unpaired) electrons. The molecule has 4 rings (SSSR count). The van der Waals surface area contributed by atoms with Crippen molar-refractivity contribution in [3.05, 3.63) is 99.8 Å². The van der Waals surface area contributed by atoms with Crippen molar-refractivity contribution in [2.45, 2.75) is 25.7 Å². The first kappa shape index (κ1) is 31.6. The molecule has 0 spiro atoms. The van der Waals surface area contributed by atoms with Crippen LogP contribution in [-0.4, -0.2) is 44.7 Å². The highest BCUT2D eigenvalue weighted by molar-refractivity contribution is 7.92. The Balaban J connectivity index is 1.57. The Bertz CT molecular complexity index is 1790. The molecule has 0 atom stereocenters. The Hall–Kier alpha value is -4.32. The van der Waals surface area contributed by atoms with E-state index in [1.165, 1.54) is 56.6 Å². The summed E-state index contributed by atoms with van der Waals surface area (Å²) < 4.78 is 35.5. The summed E-state index contributed by atoms with van der Waals surface area (Å²) in [7, 11) is -2.71. The molecule has 0 saturated carbocycles. The number of amides is 2. The molecule has 1 aromatic heterocycles. The summed E-state index contributed by atoms with van der Waals surface area (Å²) in [6, 6.07) is 19.0. The van der Waals surface area contributed by atoms with Gasteiger partial charge >= 0.3 is 0 Å². The van der Waals surface area contributed by atoms with Crippen LogP contribution in [-0.2, 0) is 19.6 Å². The van der Waals surface area contributed by atoms with E-state index < -0.39 is 22.5 Å². The van der Waals surface area contributed by atoms with Crippen LogP contribution < -0.4 is 19.8 Å². The number of sulfonamides is 1. The molecule has 0 unspecified atom stereocenters. The van der Waals surface area contributed by atoms with Crippen LogP contribution in [0, 0.1) is 13.8 Å². The molecule has 2 N–H and O–H groups in total. The van der Waals surface area contributed by atoms with Crippen LogP contribution in [0.2, 0.25) is 10.0 Å². The van der Waals surface area contributed by atoms with Crippen molar-refractivity contribution in [3.8, 4) is 11.4 Å². The van der Waals surface area contributed by atoms with Crippen LogP contribution in [0.4, 0.5) is 11.4 Å². The van der Waals surface area contributed by atoms with Crippen molar-refractivity contribution in [2.24, 2.45) is 5.10 Å². The third-order valence-corrected chi connectivity index (χ3v) is 8.77. The van der Waals surface area contributed by atoms with E-state index in [0.29, 0.717) is 32.7 Å². The summed E-state index contributed by atoms with van der Waals surface area (Å²) in [5.41, 5.74) is 6.20. The molecule has 224 valence electrons. The molecule has 0 aliphatic heterocycles. The van der Waals surface area contributed by atoms with Gasteiger partial charge in [0.05, 0.1) is 34.6 Å². The summed E-state index contributed by atoms with van der Waals surface area (Å²) in [4.78, 5) is 24.3. The number of aromatic nitrogens is 1. The summed E-state index contributed by atoms with van der Waals surface area (Å²) in [5, 5.41) is 7.73. The van der Waals surface area contributed by atoms with E-state index in [0.717, 1.165) is 15.7 Å². The fourth-order valence-electron chi connectivity index (χ4n) is 4.39. The van der Waals surface area contributed by atoms with E-state index in [-0.39, 0.29) is 16.5 Å². The molecule has 0 aliphatic rings. The van der Waals surface area contributed by atoms with Gasteiger partial charge in [-0.15, -0.1) is 0 Å². The molecule has 2 amide bonds. The third kappa shape index (κ3) is 7.37. The molecule has 43 heavy (non-hydrogen) atoms. The van der Waals surface area contributed by atoms with Crippen LogP contribution in [0.3, 0.4) is 0 Å². The number of hydrazone groups is 1. The molecule has 0 bridgehead atoms. The zero-order valence-electron chi connectivity index (χ0n) is 23.8. The Morgan fingerprint density at radius 1 is 1.00 bits per heavy atom. The smallest absolute Gasteiger partial charge is 0.264 e. The molecule has 4 aromatic rings. The van der Waals surface area contributed by atoms with Gasteiger partial charge in [-0.25, -0.2) is 13.8 Å². The lowest BCUT2D eigenvalue weighted by atomic mass is 10.2. The Morgan fingerprint density at radius 2 is 1.67 bits per heavy atom. The largest absolute Gasteiger partial charge is 0.497 e. The van der Waals surface area contributed by atoms with Crippen molar-refractivity contribution in [2.75, 3.05) is 23.3 Å². The van der Waals surface area contributed by atoms with Crippen molar-refractivity contribution >= 4 is 62.6 Å². The number of methoxy groups -OCH3 is 1. The standard InChI is InChI=1S/C30H29Cl2N5O5S/c1-19-15-22(20(2)37(19)29-16-23(31)5-14-28(29)32)17-33-35-30(39)18-36(25-8-10-26(42-4)11-9-25)43(40,41)27-12-6-24(7-13-27)34-21(3)38/h5-17H,18H2,1-4H3,(H,34,38)(H,35,39)/b33-17-. The van der Waals surface area contributed by atoms with E-state index in [2.05, 4.69) is 15.8 Å². The molecule has 13 heteroatoms. The zero-order valence-corrected chi connectivity index (χ0v) is 26.1.